The van der Waals surface area contributed by atoms with E-state index in [9.17, 15) is 14.0 Å². The average Bonchev–Trinajstić information content (AvgIpc) is 3.03. The molecule has 1 aliphatic rings. The highest BCUT2D eigenvalue weighted by Gasteiger charge is 2.22. The van der Waals surface area contributed by atoms with E-state index in [-0.39, 0.29) is 24.1 Å². The third-order valence-corrected chi connectivity index (χ3v) is 4.89. The van der Waals surface area contributed by atoms with Gasteiger partial charge in [0.1, 0.15) is 11.6 Å². The number of amides is 1. The van der Waals surface area contributed by atoms with Crippen LogP contribution in [0.25, 0.3) is 0 Å². The molecule has 1 heterocycles. The van der Waals surface area contributed by atoms with E-state index >= 15 is 0 Å². The van der Waals surface area contributed by atoms with Crippen LogP contribution in [-0.4, -0.2) is 24.2 Å². The number of halogens is 1. The highest BCUT2D eigenvalue weighted by atomic mass is 32.2. The van der Waals surface area contributed by atoms with Crippen molar-refractivity contribution in [2.45, 2.75) is 24.2 Å². The maximum Gasteiger partial charge on any atom is 0.312 e. The summed E-state index contributed by atoms with van der Waals surface area (Å²) in [5, 5.41) is 0. The first-order chi connectivity index (χ1) is 12.1. The predicted molar refractivity (Wildman–Crippen MR) is 95.4 cm³/mol. The second-order valence-electron chi connectivity index (χ2n) is 5.65. The molecule has 25 heavy (non-hydrogen) atoms. The second-order valence-corrected chi connectivity index (χ2v) is 6.79. The summed E-state index contributed by atoms with van der Waals surface area (Å²) in [5.74, 6) is 0.268. The lowest BCUT2D eigenvalue weighted by Gasteiger charge is -2.16. The van der Waals surface area contributed by atoms with Gasteiger partial charge in [-0.3, -0.25) is 9.59 Å². The van der Waals surface area contributed by atoms with E-state index < -0.39 is 0 Å². The zero-order chi connectivity index (χ0) is 17.6. The van der Waals surface area contributed by atoms with Gasteiger partial charge in [0.05, 0.1) is 6.42 Å². The van der Waals surface area contributed by atoms with Crippen LogP contribution in [0.5, 0.6) is 5.75 Å². The smallest absolute Gasteiger partial charge is 0.312 e. The van der Waals surface area contributed by atoms with Gasteiger partial charge in [-0.25, -0.2) is 4.39 Å². The van der Waals surface area contributed by atoms with E-state index in [1.807, 2.05) is 6.07 Å². The standard InChI is InChI=1S/C19H18FNO3S/c20-16-7-1-2-8-17(16)25-12-10-19(23)24-15-6-3-5-14(13-15)21-11-4-9-18(21)22/h1-3,5-8,13H,4,9-12H2. The number of anilines is 1. The molecule has 0 aliphatic carbocycles. The van der Waals surface area contributed by atoms with Crippen molar-refractivity contribution in [2.24, 2.45) is 0 Å². The monoisotopic (exact) mass is 359 g/mol. The Kier molecular flexibility index (Phi) is 5.71. The molecule has 0 saturated carbocycles. The van der Waals surface area contributed by atoms with Crippen LogP contribution in [0.3, 0.4) is 0 Å². The molecule has 0 bridgehead atoms. The summed E-state index contributed by atoms with van der Waals surface area (Å²) >= 11 is 1.28. The van der Waals surface area contributed by atoms with E-state index in [0.29, 0.717) is 29.4 Å². The quantitative estimate of drug-likeness (QED) is 0.444. The number of esters is 1. The summed E-state index contributed by atoms with van der Waals surface area (Å²) in [7, 11) is 0. The summed E-state index contributed by atoms with van der Waals surface area (Å²) in [6, 6.07) is 13.4. The molecule has 2 aromatic carbocycles. The largest absolute Gasteiger partial charge is 0.426 e. The van der Waals surface area contributed by atoms with Crippen molar-refractivity contribution in [3.05, 3.63) is 54.3 Å². The Morgan fingerprint density at radius 2 is 2.04 bits per heavy atom. The molecule has 1 fully saturated rings. The van der Waals surface area contributed by atoms with E-state index in [1.54, 1.807) is 41.3 Å². The van der Waals surface area contributed by atoms with Gasteiger partial charge in [-0.1, -0.05) is 18.2 Å². The SMILES string of the molecule is O=C(CCSc1ccccc1F)Oc1cccc(N2CCCC2=O)c1. The first kappa shape index (κ1) is 17.5. The van der Waals surface area contributed by atoms with Gasteiger partial charge in [-0.2, -0.15) is 0 Å². The molecular weight excluding hydrogens is 341 g/mol. The molecule has 0 aromatic heterocycles. The predicted octanol–water partition coefficient (Wildman–Crippen LogP) is 4.04. The number of carbonyl (C=O) groups is 2. The number of thioether (sulfide) groups is 1. The minimum absolute atomic E-state index is 0.0877. The van der Waals surface area contributed by atoms with Crippen molar-refractivity contribution in [3.63, 3.8) is 0 Å². The summed E-state index contributed by atoms with van der Waals surface area (Å²) in [6.45, 7) is 0.690. The Morgan fingerprint density at radius 3 is 2.80 bits per heavy atom. The highest BCUT2D eigenvalue weighted by molar-refractivity contribution is 7.99. The Hall–Kier alpha value is -2.34. The molecule has 1 saturated heterocycles. The number of hydrogen-bond acceptors (Lipinski definition) is 4. The zero-order valence-electron chi connectivity index (χ0n) is 13.6. The van der Waals surface area contributed by atoms with Gasteiger partial charge < -0.3 is 9.64 Å². The van der Waals surface area contributed by atoms with Gasteiger partial charge in [0.2, 0.25) is 5.91 Å². The van der Waals surface area contributed by atoms with Gasteiger partial charge in [0, 0.05) is 35.4 Å². The third kappa shape index (κ3) is 4.60. The Balaban J connectivity index is 1.53. The number of nitrogens with zero attached hydrogens (tertiary/aromatic N) is 1. The number of ether oxygens (including phenoxy) is 1. The molecule has 0 unspecified atom stereocenters. The lowest BCUT2D eigenvalue weighted by atomic mass is 10.3. The molecule has 6 heteroatoms. The molecule has 2 aromatic rings. The molecule has 130 valence electrons. The van der Waals surface area contributed by atoms with Crippen LogP contribution in [0, 0.1) is 5.82 Å². The number of carbonyl (C=O) groups excluding carboxylic acids is 2. The van der Waals surface area contributed by atoms with E-state index in [2.05, 4.69) is 0 Å². The van der Waals surface area contributed by atoms with Gasteiger partial charge in [0.15, 0.2) is 0 Å². The number of hydrogen-bond donors (Lipinski definition) is 0. The maximum absolute atomic E-state index is 13.5. The van der Waals surface area contributed by atoms with E-state index in [0.717, 1.165) is 12.1 Å². The van der Waals surface area contributed by atoms with Crippen molar-refractivity contribution >= 4 is 29.3 Å². The van der Waals surface area contributed by atoms with Crippen LogP contribution >= 0.6 is 11.8 Å². The van der Waals surface area contributed by atoms with Gasteiger partial charge in [-0.05, 0) is 30.7 Å². The van der Waals surface area contributed by atoms with Gasteiger partial charge in [-0.15, -0.1) is 11.8 Å². The van der Waals surface area contributed by atoms with Crippen molar-refractivity contribution in [1.29, 1.82) is 0 Å². The Labute approximate surface area is 150 Å². The van der Waals surface area contributed by atoms with Gasteiger partial charge >= 0.3 is 5.97 Å². The van der Waals surface area contributed by atoms with Crippen LogP contribution < -0.4 is 9.64 Å². The molecular formula is C19H18FNO3S. The Bertz CT molecular complexity index is 781. The van der Waals surface area contributed by atoms with Crippen molar-refractivity contribution in [3.8, 4) is 5.75 Å². The molecule has 0 N–H and O–H groups in total. The van der Waals surface area contributed by atoms with E-state index in [4.69, 9.17) is 4.74 Å². The molecule has 3 rings (SSSR count). The van der Waals surface area contributed by atoms with Gasteiger partial charge in [0.25, 0.3) is 0 Å². The molecule has 1 amide bonds. The van der Waals surface area contributed by atoms with Crippen molar-refractivity contribution in [1.82, 2.24) is 0 Å². The summed E-state index contributed by atoms with van der Waals surface area (Å²) < 4.78 is 18.8. The Morgan fingerprint density at radius 1 is 1.20 bits per heavy atom. The van der Waals surface area contributed by atoms with Crippen molar-refractivity contribution in [2.75, 3.05) is 17.2 Å². The van der Waals surface area contributed by atoms with Crippen LogP contribution in [0.2, 0.25) is 0 Å². The van der Waals surface area contributed by atoms with Crippen LogP contribution in [0.1, 0.15) is 19.3 Å². The fraction of sp³-hybridized carbons (Fsp3) is 0.263. The van der Waals surface area contributed by atoms with E-state index in [1.165, 1.54) is 17.8 Å². The fourth-order valence-corrected chi connectivity index (χ4v) is 3.49. The lowest BCUT2D eigenvalue weighted by Crippen LogP contribution is -2.23. The summed E-state index contributed by atoms with van der Waals surface area (Å²) in [4.78, 5) is 26.0. The first-order valence-electron chi connectivity index (χ1n) is 8.12. The maximum atomic E-state index is 13.5. The molecule has 0 atom stereocenters. The minimum atomic E-state index is -0.381. The third-order valence-electron chi connectivity index (χ3n) is 3.83. The van der Waals surface area contributed by atoms with Crippen molar-refractivity contribution < 1.29 is 18.7 Å². The first-order valence-corrected chi connectivity index (χ1v) is 9.10. The van der Waals surface area contributed by atoms with Crippen LogP contribution in [-0.2, 0) is 9.59 Å². The molecule has 4 nitrogen and oxygen atoms in total. The normalized spacial score (nSPS) is 14.0. The summed E-state index contributed by atoms with van der Waals surface area (Å²) in [5.41, 5.74) is 0.744. The number of rotatable bonds is 6. The topological polar surface area (TPSA) is 46.6 Å². The minimum Gasteiger partial charge on any atom is -0.426 e. The fourth-order valence-electron chi connectivity index (χ4n) is 2.62. The lowest BCUT2D eigenvalue weighted by molar-refractivity contribution is -0.133. The number of benzene rings is 2. The highest BCUT2D eigenvalue weighted by Crippen LogP contribution is 2.26. The molecule has 0 radical (unpaired) electrons. The molecule has 1 aliphatic heterocycles. The second kappa shape index (κ2) is 8.16. The summed E-state index contributed by atoms with van der Waals surface area (Å²) in [6.07, 6.45) is 1.57. The zero-order valence-corrected chi connectivity index (χ0v) is 14.4. The van der Waals surface area contributed by atoms with Crippen LogP contribution in [0.4, 0.5) is 10.1 Å². The average molecular weight is 359 g/mol. The molecule has 0 spiro atoms. The van der Waals surface area contributed by atoms with Crippen LogP contribution in [0.15, 0.2) is 53.4 Å².